The van der Waals surface area contributed by atoms with Gasteiger partial charge in [-0.05, 0) is 44.7 Å². The second-order valence-corrected chi connectivity index (χ2v) is 6.76. The number of amides is 1. The van der Waals surface area contributed by atoms with Gasteiger partial charge in [0, 0.05) is 38.6 Å². The standard InChI is InChI=1S/C20H32N4O.HI/c1-5-19(25)24-12-10-18(14-24)23-20(21-6-2)22-11-9-17-8-7-15(3)13-16(17)4;/h7-8,13,18H,5-6,9-12,14H2,1-4H3,(H2,21,22,23);1H. The van der Waals surface area contributed by atoms with Crippen molar-refractivity contribution in [2.24, 2.45) is 4.99 Å². The van der Waals surface area contributed by atoms with Crippen LogP contribution in [0.15, 0.2) is 23.2 Å². The Balaban J connectivity index is 0.00000338. The normalized spacial score (nSPS) is 17.0. The van der Waals surface area contributed by atoms with Gasteiger partial charge in [0.2, 0.25) is 5.91 Å². The highest BCUT2D eigenvalue weighted by Gasteiger charge is 2.25. The molecule has 1 aromatic rings. The van der Waals surface area contributed by atoms with Crippen LogP contribution in [0.25, 0.3) is 0 Å². The predicted molar refractivity (Wildman–Crippen MR) is 119 cm³/mol. The molecule has 1 heterocycles. The maximum Gasteiger partial charge on any atom is 0.222 e. The molecule has 2 rings (SSSR count). The van der Waals surface area contributed by atoms with E-state index >= 15 is 0 Å². The van der Waals surface area contributed by atoms with Crippen LogP contribution in [0.1, 0.15) is 43.4 Å². The van der Waals surface area contributed by atoms with E-state index < -0.39 is 0 Å². The van der Waals surface area contributed by atoms with Gasteiger partial charge in [-0.15, -0.1) is 24.0 Å². The summed E-state index contributed by atoms with van der Waals surface area (Å²) in [6.07, 6.45) is 2.50. The Bertz CT molecular complexity index is 618. The number of carbonyl (C=O) groups is 1. The summed E-state index contributed by atoms with van der Waals surface area (Å²) in [5.74, 6) is 1.09. The van der Waals surface area contributed by atoms with E-state index in [1.54, 1.807) is 0 Å². The number of carbonyl (C=O) groups excluding carboxylic acids is 1. The Morgan fingerprint density at radius 3 is 2.73 bits per heavy atom. The number of benzene rings is 1. The van der Waals surface area contributed by atoms with E-state index in [0.29, 0.717) is 6.42 Å². The second-order valence-electron chi connectivity index (χ2n) is 6.76. The molecule has 0 bridgehead atoms. The van der Waals surface area contributed by atoms with Crippen LogP contribution in [0.3, 0.4) is 0 Å². The van der Waals surface area contributed by atoms with Crippen molar-refractivity contribution < 1.29 is 4.79 Å². The third-order valence-corrected chi connectivity index (χ3v) is 4.68. The maximum atomic E-state index is 11.8. The smallest absolute Gasteiger partial charge is 0.222 e. The molecule has 1 unspecified atom stereocenters. The van der Waals surface area contributed by atoms with Crippen molar-refractivity contribution in [1.29, 1.82) is 0 Å². The molecule has 1 saturated heterocycles. The van der Waals surface area contributed by atoms with E-state index in [1.165, 1.54) is 16.7 Å². The second kappa shape index (κ2) is 11.4. The SMILES string of the molecule is CCNC(=NCCc1ccc(C)cc1C)NC1CCN(C(=O)CC)C1.I. The summed E-state index contributed by atoms with van der Waals surface area (Å²) in [5, 5.41) is 6.79. The molecule has 0 saturated carbocycles. The third-order valence-electron chi connectivity index (χ3n) is 4.68. The lowest BCUT2D eigenvalue weighted by atomic mass is 10.0. The summed E-state index contributed by atoms with van der Waals surface area (Å²) in [4.78, 5) is 18.5. The van der Waals surface area contributed by atoms with E-state index in [1.807, 2.05) is 11.8 Å². The fourth-order valence-electron chi connectivity index (χ4n) is 3.26. The summed E-state index contributed by atoms with van der Waals surface area (Å²) in [7, 11) is 0. The minimum absolute atomic E-state index is 0. The molecule has 0 spiro atoms. The van der Waals surface area contributed by atoms with Crippen molar-refractivity contribution in [2.75, 3.05) is 26.2 Å². The molecule has 0 radical (unpaired) electrons. The van der Waals surface area contributed by atoms with Crippen LogP contribution in [0.4, 0.5) is 0 Å². The Morgan fingerprint density at radius 1 is 1.31 bits per heavy atom. The highest BCUT2D eigenvalue weighted by atomic mass is 127. The van der Waals surface area contributed by atoms with Crippen LogP contribution in [0.2, 0.25) is 0 Å². The summed E-state index contributed by atoms with van der Waals surface area (Å²) < 4.78 is 0. The van der Waals surface area contributed by atoms with Crippen LogP contribution >= 0.6 is 24.0 Å². The lowest BCUT2D eigenvalue weighted by Gasteiger charge is -2.18. The molecule has 26 heavy (non-hydrogen) atoms. The first kappa shape index (κ1) is 22.7. The number of nitrogens with zero attached hydrogens (tertiary/aromatic N) is 2. The molecule has 1 amide bonds. The van der Waals surface area contributed by atoms with E-state index in [0.717, 1.165) is 45.0 Å². The van der Waals surface area contributed by atoms with Crippen molar-refractivity contribution in [3.63, 3.8) is 0 Å². The number of rotatable bonds is 6. The lowest BCUT2D eigenvalue weighted by Crippen LogP contribution is -2.45. The largest absolute Gasteiger partial charge is 0.357 e. The van der Waals surface area contributed by atoms with Gasteiger partial charge in [-0.3, -0.25) is 9.79 Å². The van der Waals surface area contributed by atoms with Gasteiger partial charge in [-0.2, -0.15) is 0 Å². The topological polar surface area (TPSA) is 56.7 Å². The highest BCUT2D eigenvalue weighted by molar-refractivity contribution is 14.0. The number of nitrogens with one attached hydrogen (secondary N) is 2. The Hall–Kier alpha value is -1.31. The molecule has 2 N–H and O–H groups in total. The van der Waals surface area contributed by atoms with Crippen LogP contribution in [-0.4, -0.2) is 49.0 Å². The number of aliphatic imine (C=N–C) groups is 1. The molecule has 1 aliphatic heterocycles. The van der Waals surface area contributed by atoms with Gasteiger partial charge in [0.15, 0.2) is 5.96 Å². The first-order valence-corrected chi connectivity index (χ1v) is 9.42. The Kier molecular flexibility index (Phi) is 9.98. The number of guanidine groups is 1. The van der Waals surface area contributed by atoms with Crippen molar-refractivity contribution in [2.45, 2.75) is 53.0 Å². The lowest BCUT2D eigenvalue weighted by molar-refractivity contribution is -0.129. The fourth-order valence-corrected chi connectivity index (χ4v) is 3.26. The van der Waals surface area contributed by atoms with Crippen LogP contribution in [-0.2, 0) is 11.2 Å². The number of likely N-dealkylation sites (tertiary alicyclic amines) is 1. The molecule has 146 valence electrons. The average molecular weight is 472 g/mol. The summed E-state index contributed by atoms with van der Waals surface area (Å²) in [6.45, 7) is 11.5. The van der Waals surface area contributed by atoms with Crippen molar-refractivity contribution in [3.05, 3.63) is 34.9 Å². The zero-order chi connectivity index (χ0) is 18.2. The zero-order valence-electron chi connectivity index (χ0n) is 16.5. The number of halogens is 1. The number of hydrogen-bond donors (Lipinski definition) is 2. The van der Waals surface area contributed by atoms with Crippen molar-refractivity contribution in [3.8, 4) is 0 Å². The molecule has 1 aromatic carbocycles. The number of hydrogen-bond acceptors (Lipinski definition) is 2. The first-order valence-electron chi connectivity index (χ1n) is 9.42. The minimum Gasteiger partial charge on any atom is -0.357 e. The molecule has 0 aliphatic carbocycles. The minimum atomic E-state index is 0. The van der Waals surface area contributed by atoms with Gasteiger partial charge in [0.1, 0.15) is 0 Å². The van der Waals surface area contributed by atoms with Gasteiger partial charge in [-0.1, -0.05) is 30.7 Å². The van der Waals surface area contributed by atoms with E-state index in [4.69, 9.17) is 4.99 Å². The van der Waals surface area contributed by atoms with Gasteiger partial charge >= 0.3 is 0 Å². The molecule has 5 nitrogen and oxygen atoms in total. The van der Waals surface area contributed by atoms with Gasteiger partial charge in [-0.25, -0.2) is 0 Å². The molecule has 1 aliphatic rings. The predicted octanol–water partition coefficient (Wildman–Crippen LogP) is 3.03. The van der Waals surface area contributed by atoms with E-state index in [-0.39, 0.29) is 35.9 Å². The average Bonchev–Trinajstić information content (AvgIpc) is 3.05. The molecule has 1 fully saturated rings. The third kappa shape index (κ3) is 6.78. The Morgan fingerprint density at radius 2 is 2.08 bits per heavy atom. The molecule has 0 aromatic heterocycles. The van der Waals surface area contributed by atoms with Gasteiger partial charge < -0.3 is 15.5 Å². The van der Waals surface area contributed by atoms with Crippen molar-refractivity contribution in [1.82, 2.24) is 15.5 Å². The molecular formula is C20H33IN4O. The fraction of sp³-hybridized carbons (Fsp3) is 0.600. The first-order chi connectivity index (χ1) is 12.0. The maximum absolute atomic E-state index is 11.8. The summed E-state index contributed by atoms with van der Waals surface area (Å²) >= 11 is 0. The Labute approximate surface area is 175 Å². The van der Waals surface area contributed by atoms with Crippen LogP contribution in [0, 0.1) is 13.8 Å². The van der Waals surface area contributed by atoms with Crippen molar-refractivity contribution >= 4 is 35.8 Å². The highest BCUT2D eigenvalue weighted by Crippen LogP contribution is 2.12. The van der Waals surface area contributed by atoms with Gasteiger partial charge in [0.25, 0.3) is 0 Å². The van der Waals surface area contributed by atoms with E-state index in [2.05, 4.69) is 49.6 Å². The quantitative estimate of drug-likeness (QED) is 0.380. The van der Waals surface area contributed by atoms with Gasteiger partial charge in [0.05, 0.1) is 0 Å². The van der Waals surface area contributed by atoms with Crippen LogP contribution in [0.5, 0.6) is 0 Å². The van der Waals surface area contributed by atoms with Crippen LogP contribution < -0.4 is 10.6 Å². The number of aryl methyl sites for hydroxylation is 2. The monoisotopic (exact) mass is 472 g/mol. The van der Waals surface area contributed by atoms with E-state index in [9.17, 15) is 4.79 Å². The molecular weight excluding hydrogens is 439 g/mol. The molecule has 1 atom stereocenters. The summed E-state index contributed by atoms with van der Waals surface area (Å²) in [6, 6.07) is 6.87. The zero-order valence-corrected chi connectivity index (χ0v) is 18.8. The summed E-state index contributed by atoms with van der Waals surface area (Å²) in [5.41, 5.74) is 3.98. The molecule has 6 heteroatoms.